The smallest absolute Gasteiger partial charge is 0.152 e. The van der Waals surface area contributed by atoms with Gasteiger partial charge in [-0.25, -0.2) is 8.42 Å². The van der Waals surface area contributed by atoms with E-state index in [1.165, 1.54) is 0 Å². The molecule has 3 atom stereocenters. The number of hydrogen-bond acceptors (Lipinski definition) is 5. The molecule has 2 heterocycles. The number of sulfone groups is 1. The normalized spacial score (nSPS) is 42.8. The molecule has 0 aliphatic carbocycles. The van der Waals surface area contributed by atoms with Crippen LogP contribution in [-0.4, -0.2) is 62.2 Å². The second kappa shape index (κ2) is 4.50. The molecule has 0 aromatic heterocycles. The van der Waals surface area contributed by atoms with Gasteiger partial charge < -0.3 is 10.5 Å². The first-order chi connectivity index (χ1) is 7.87. The molecule has 17 heavy (non-hydrogen) atoms. The van der Waals surface area contributed by atoms with Crippen LogP contribution in [0.5, 0.6) is 0 Å². The van der Waals surface area contributed by atoms with Crippen molar-refractivity contribution in [1.82, 2.24) is 4.90 Å². The lowest BCUT2D eigenvalue weighted by Gasteiger charge is -2.45. The Morgan fingerprint density at radius 3 is 2.35 bits per heavy atom. The van der Waals surface area contributed by atoms with Gasteiger partial charge in [0.25, 0.3) is 0 Å². The first-order valence-electron chi connectivity index (χ1n) is 6.18. The van der Waals surface area contributed by atoms with E-state index in [0.717, 1.165) is 13.1 Å². The molecule has 2 saturated heterocycles. The minimum Gasteiger partial charge on any atom is -0.373 e. The van der Waals surface area contributed by atoms with Gasteiger partial charge in [0.05, 0.1) is 23.7 Å². The quantitative estimate of drug-likeness (QED) is 0.734. The van der Waals surface area contributed by atoms with Gasteiger partial charge in [-0.3, -0.25) is 4.90 Å². The second-order valence-electron chi connectivity index (χ2n) is 5.43. The van der Waals surface area contributed by atoms with E-state index in [1.807, 2.05) is 13.8 Å². The van der Waals surface area contributed by atoms with Gasteiger partial charge in [0.1, 0.15) is 0 Å². The molecule has 0 aromatic carbocycles. The number of morpholine rings is 1. The summed E-state index contributed by atoms with van der Waals surface area (Å²) in [5, 5.41) is 0. The van der Waals surface area contributed by atoms with Gasteiger partial charge in [0.2, 0.25) is 0 Å². The van der Waals surface area contributed by atoms with Crippen LogP contribution in [0, 0.1) is 0 Å². The van der Waals surface area contributed by atoms with Crippen LogP contribution in [0.2, 0.25) is 0 Å². The fraction of sp³-hybridized carbons (Fsp3) is 1.00. The predicted octanol–water partition coefficient (Wildman–Crippen LogP) is -0.388. The zero-order chi connectivity index (χ0) is 12.7. The Hall–Kier alpha value is -0.170. The predicted molar refractivity (Wildman–Crippen MR) is 66.6 cm³/mol. The maximum Gasteiger partial charge on any atom is 0.152 e. The summed E-state index contributed by atoms with van der Waals surface area (Å²) in [5.74, 6) is 0.472. The van der Waals surface area contributed by atoms with Crippen LogP contribution < -0.4 is 5.73 Å². The molecule has 2 rings (SSSR count). The fourth-order valence-corrected chi connectivity index (χ4v) is 5.10. The van der Waals surface area contributed by atoms with E-state index in [2.05, 4.69) is 4.90 Å². The third-order valence-corrected chi connectivity index (χ3v) is 5.64. The lowest BCUT2D eigenvalue weighted by molar-refractivity contribution is -0.0959. The zero-order valence-corrected chi connectivity index (χ0v) is 11.4. The van der Waals surface area contributed by atoms with Crippen LogP contribution in [0.25, 0.3) is 0 Å². The van der Waals surface area contributed by atoms with Crippen LogP contribution in [0.4, 0.5) is 0 Å². The molecule has 0 saturated carbocycles. The molecule has 100 valence electrons. The van der Waals surface area contributed by atoms with Crippen LogP contribution in [0.3, 0.4) is 0 Å². The Balaban J connectivity index is 2.18. The standard InChI is InChI=1S/C11H22N2O3S/c1-9-5-13(6-10(2)16-9)11(7-12)3-4-17(14,15)8-11/h9-10H,3-8,12H2,1-2H3/t9-,10+,11?. The minimum absolute atomic E-state index is 0.144. The molecule has 2 aliphatic heterocycles. The molecule has 0 spiro atoms. The molecule has 6 heteroatoms. The van der Waals surface area contributed by atoms with Crippen LogP contribution >= 0.6 is 0 Å². The highest BCUT2D eigenvalue weighted by atomic mass is 32.2. The van der Waals surface area contributed by atoms with Crippen LogP contribution in [0.1, 0.15) is 20.3 Å². The molecule has 0 aromatic rings. The Morgan fingerprint density at radius 1 is 1.35 bits per heavy atom. The lowest BCUT2D eigenvalue weighted by atomic mass is 9.94. The third-order valence-electron chi connectivity index (χ3n) is 3.84. The van der Waals surface area contributed by atoms with Gasteiger partial charge in [0, 0.05) is 25.2 Å². The Bertz CT molecular complexity index is 374. The summed E-state index contributed by atoms with van der Waals surface area (Å²) in [6, 6.07) is 0. The Kier molecular flexibility index (Phi) is 3.51. The summed E-state index contributed by atoms with van der Waals surface area (Å²) < 4.78 is 29.1. The summed E-state index contributed by atoms with van der Waals surface area (Å²) in [6.45, 7) is 6.01. The van der Waals surface area contributed by atoms with E-state index < -0.39 is 9.84 Å². The van der Waals surface area contributed by atoms with E-state index in [1.54, 1.807) is 0 Å². The molecular formula is C11H22N2O3S. The number of ether oxygens (including phenoxy) is 1. The maximum absolute atomic E-state index is 11.7. The maximum atomic E-state index is 11.7. The summed E-state index contributed by atoms with van der Waals surface area (Å²) in [4.78, 5) is 2.23. The fourth-order valence-electron chi connectivity index (χ4n) is 3.00. The first kappa shape index (κ1) is 13.3. The Labute approximate surface area is 103 Å². The van der Waals surface area contributed by atoms with Gasteiger partial charge in [0.15, 0.2) is 9.84 Å². The molecule has 0 amide bonds. The van der Waals surface area contributed by atoms with Crippen molar-refractivity contribution in [2.24, 2.45) is 5.73 Å². The molecule has 0 bridgehead atoms. The first-order valence-corrected chi connectivity index (χ1v) is 8.00. The number of nitrogens with two attached hydrogens (primary N) is 1. The largest absolute Gasteiger partial charge is 0.373 e. The third kappa shape index (κ3) is 2.65. The van der Waals surface area contributed by atoms with Gasteiger partial charge in [-0.2, -0.15) is 0 Å². The highest BCUT2D eigenvalue weighted by molar-refractivity contribution is 7.91. The van der Waals surface area contributed by atoms with E-state index in [-0.39, 0.29) is 29.3 Å². The molecule has 2 N–H and O–H groups in total. The number of rotatable bonds is 2. The number of nitrogens with zero attached hydrogens (tertiary/aromatic N) is 1. The lowest BCUT2D eigenvalue weighted by Crippen LogP contribution is -2.61. The summed E-state index contributed by atoms with van der Waals surface area (Å²) in [7, 11) is -2.91. The molecule has 2 fully saturated rings. The average Bonchev–Trinajstić information content (AvgIpc) is 2.54. The topological polar surface area (TPSA) is 72.6 Å². The molecule has 1 unspecified atom stereocenters. The van der Waals surface area contributed by atoms with Crippen LogP contribution in [-0.2, 0) is 14.6 Å². The Morgan fingerprint density at radius 2 is 1.94 bits per heavy atom. The summed E-state index contributed by atoms with van der Waals surface area (Å²) in [6.07, 6.45) is 0.946. The van der Waals surface area contributed by atoms with Gasteiger partial charge in [-0.1, -0.05) is 0 Å². The minimum atomic E-state index is -2.91. The summed E-state index contributed by atoms with van der Waals surface area (Å²) in [5.41, 5.74) is 5.51. The van der Waals surface area contributed by atoms with Crippen molar-refractivity contribution < 1.29 is 13.2 Å². The molecule has 5 nitrogen and oxygen atoms in total. The highest BCUT2D eigenvalue weighted by Crippen LogP contribution is 2.31. The average molecular weight is 262 g/mol. The van der Waals surface area contributed by atoms with Crippen molar-refractivity contribution in [2.75, 3.05) is 31.1 Å². The van der Waals surface area contributed by atoms with E-state index in [9.17, 15) is 8.42 Å². The van der Waals surface area contributed by atoms with E-state index in [4.69, 9.17) is 10.5 Å². The second-order valence-corrected chi connectivity index (χ2v) is 7.62. The van der Waals surface area contributed by atoms with Crippen molar-refractivity contribution in [3.8, 4) is 0 Å². The number of hydrogen-bond donors (Lipinski definition) is 1. The SMILES string of the molecule is C[C@@H]1CN(C2(CN)CCS(=O)(=O)C2)C[C@H](C)O1. The molecular weight excluding hydrogens is 240 g/mol. The van der Waals surface area contributed by atoms with Gasteiger partial charge in [-0.15, -0.1) is 0 Å². The van der Waals surface area contributed by atoms with E-state index >= 15 is 0 Å². The van der Waals surface area contributed by atoms with Crippen molar-refractivity contribution in [3.63, 3.8) is 0 Å². The van der Waals surface area contributed by atoms with Gasteiger partial charge in [-0.05, 0) is 20.3 Å². The van der Waals surface area contributed by atoms with E-state index in [0.29, 0.717) is 13.0 Å². The molecule has 0 radical (unpaired) electrons. The molecule has 2 aliphatic rings. The zero-order valence-electron chi connectivity index (χ0n) is 10.6. The van der Waals surface area contributed by atoms with Crippen molar-refractivity contribution >= 4 is 9.84 Å². The highest BCUT2D eigenvalue weighted by Gasteiger charge is 2.47. The van der Waals surface area contributed by atoms with Crippen LogP contribution in [0.15, 0.2) is 0 Å². The van der Waals surface area contributed by atoms with Crippen molar-refractivity contribution in [1.29, 1.82) is 0 Å². The summed E-state index contributed by atoms with van der Waals surface area (Å²) >= 11 is 0. The van der Waals surface area contributed by atoms with Gasteiger partial charge >= 0.3 is 0 Å². The monoisotopic (exact) mass is 262 g/mol. The van der Waals surface area contributed by atoms with Crippen molar-refractivity contribution in [2.45, 2.75) is 38.0 Å². The van der Waals surface area contributed by atoms with Crippen molar-refractivity contribution in [3.05, 3.63) is 0 Å².